The van der Waals surface area contributed by atoms with E-state index in [0.717, 1.165) is 5.56 Å². The molecule has 1 unspecified atom stereocenters. The van der Waals surface area contributed by atoms with Gasteiger partial charge in [0, 0.05) is 6.54 Å². The standard InChI is InChI=1S/C17H19NO3/c1-3-18(13(2)14-8-7-9-15(19)12-14)17(20)21-16-10-5-4-6-11-16/h4-13,19H,3H2,1-2H3. The number of ether oxygens (including phenoxy) is 1. The first-order valence-corrected chi connectivity index (χ1v) is 6.94. The molecular weight excluding hydrogens is 266 g/mol. The molecule has 1 amide bonds. The molecule has 0 radical (unpaired) electrons. The Morgan fingerprint density at radius 3 is 2.52 bits per heavy atom. The summed E-state index contributed by atoms with van der Waals surface area (Å²) in [7, 11) is 0. The van der Waals surface area contributed by atoms with Crippen LogP contribution in [-0.4, -0.2) is 22.6 Å². The van der Waals surface area contributed by atoms with Gasteiger partial charge < -0.3 is 14.7 Å². The number of aromatic hydroxyl groups is 1. The first-order valence-electron chi connectivity index (χ1n) is 6.94. The molecule has 0 saturated heterocycles. The number of para-hydroxylation sites is 1. The van der Waals surface area contributed by atoms with Gasteiger partial charge in [-0.2, -0.15) is 0 Å². The number of carbonyl (C=O) groups excluding carboxylic acids is 1. The van der Waals surface area contributed by atoms with Crippen molar-refractivity contribution < 1.29 is 14.6 Å². The van der Waals surface area contributed by atoms with Gasteiger partial charge in [0.25, 0.3) is 0 Å². The molecule has 21 heavy (non-hydrogen) atoms. The Morgan fingerprint density at radius 1 is 1.19 bits per heavy atom. The van der Waals surface area contributed by atoms with E-state index >= 15 is 0 Å². The van der Waals surface area contributed by atoms with Gasteiger partial charge in [-0.1, -0.05) is 30.3 Å². The highest BCUT2D eigenvalue weighted by atomic mass is 16.6. The quantitative estimate of drug-likeness (QED) is 0.924. The van der Waals surface area contributed by atoms with Gasteiger partial charge in [0.2, 0.25) is 0 Å². The van der Waals surface area contributed by atoms with Crippen molar-refractivity contribution in [3.8, 4) is 11.5 Å². The summed E-state index contributed by atoms with van der Waals surface area (Å²) in [6.07, 6.45) is -0.403. The topological polar surface area (TPSA) is 49.8 Å². The minimum atomic E-state index is -0.403. The Morgan fingerprint density at radius 2 is 1.90 bits per heavy atom. The molecule has 2 aromatic carbocycles. The maximum absolute atomic E-state index is 12.3. The zero-order valence-corrected chi connectivity index (χ0v) is 12.2. The Labute approximate surface area is 124 Å². The van der Waals surface area contributed by atoms with Crippen LogP contribution >= 0.6 is 0 Å². The number of hydrogen-bond acceptors (Lipinski definition) is 3. The summed E-state index contributed by atoms with van der Waals surface area (Å²) in [6, 6.07) is 15.7. The minimum absolute atomic E-state index is 0.182. The number of rotatable bonds is 4. The monoisotopic (exact) mass is 285 g/mol. The average molecular weight is 285 g/mol. The summed E-state index contributed by atoms with van der Waals surface area (Å²) in [6.45, 7) is 4.32. The van der Waals surface area contributed by atoms with Gasteiger partial charge in [-0.15, -0.1) is 0 Å². The van der Waals surface area contributed by atoms with Crippen LogP contribution in [0.25, 0.3) is 0 Å². The highest BCUT2D eigenvalue weighted by Crippen LogP contribution is 2.24. The van der Waals surface area contributed by atoms with E-state index in [-0.39, 0.29) is 11.8 Å². The third kappa shape index (κ3) is 3.75. The summed E-state index contributed by atoms with van der Waals surface area (Å²) in [5, 5.41) is 9.56. The number of hydrogen-bond donors (Lipinski definition) is 1. The molecule has 0 aromatic heterocycles. The van der Waals surface area contributed by atoms with Crippen LogP contribution in [0.15, 0.2) is 54.6 Å². The predicted octanol–water partition coefficient (Wildman–Crippen LogP) is 3.97. The van der Waals surface area contributed by atoms with Crippen LogP contribution < -0.4 is 4.74 Å². The average Bonchev–Trinajstić information content (AvgIpc) is 2.49. The van der Waals surface area contributed by atoms with Crippen molar-refractivity contribution in [2.45, 2.75) is 19.9 Å². The van der Waals surface area contributed by atoms with Gasteiger partial charge in [0.15, 0.2) is 0 Å². The fourth-order valence-electron chi connectivity index (χ4n) is 2.17. The fourth-order valence-corrected chi connectivity index (χ4v) is 2.17. The lowest BCUT2D eigenvalue weighted by molar-refractivity contribution is 0.138. The number of amides is 1. The fraction of sp³-hybridized carbons (Fsp3) is 0.235. The summed E-state index contributed by atoms with van der Waals surface area (Å²) in [5.74, 6) is 0.705. The van der Waals surface area contributed by atoms with E-state index < -0.39 is 6.09 Å². The second-order valence-corrected chi connectivity index (χ2v) is 4.74. The van der Waals surface area contributed by atoms with Gasteiger partial charge in [-0.3, -0.25) is 0 Å². The summed E-state index contributed by atoms with van der Waals surface area (Å²) < 4.78 is 5.36. The summed E-state index contributed by atoms with van der Waals surface area (Å²) in [4.78, 5) is 13.9. The van der Waals surface area contributed by atoms with Crippen molar-refractivity contribution in [3.63, 3.8) is 0 Å². The second kappa shape index (κ2) is 6.79. The third-order valence-corrected chi connectivity index (χ3v) is 3.34. The van der Waals surface area contributed by atoms with Gasteiger partial charge in [-0.25, -0.2) is 4.79 Å². The highest BCUT2D eigenvalue weighted by molar-refractivity contribution is 5.71. The van der Waals surface area contributed by atoms with Crippen LogP contribution in [0, 0.1) is 0 Å². The van der Waals surface area contributed by atoms with Crippen molar-refractivity contribution in [3.05, 3.63) is 60.2 Å². The van der Waals surface area contributed by atoms with Crippen LogP contribution in [-0.2, 0) is 0 Å². The molecule has 4 heteroatoms. The predicted molar refractivity (Wildman–Crippen MR) is 81.4 cm³/mol. The van der Waals surface area contributed by atoms with Gasteiger partial charge >= 0.3 is 6.09 Å². The van der Waals surface area contributed by atoms with Crippen molar-refractivity contribution in [2.24, 2.45) is 0 Å². The molecule has 0 saturated carbocycles. The summed E-state index contributed by atoms with van der Waals surface area (Å²) in [5.41, 5.74) is 0.863. The van der Waals surface area contributed by atoms with E-state index in [1.807, 2.05) is 38.1 Å². The first kappa shape index (κ1) is 14.9. The molecule has 0 aliphatic carbocycles. The largest absolute Gasteiger partial charge is 0.508 e. The van der Waals surface area contributed by atoms with E-state index in [9.17, 15) is 9.90 Å². The Kier molecular flexibility index (Phi) is 4.82. The van der Waals surface area contributed by atoms with Crippen LogP contribution in [0.5, 0.6) is 11.5 Å². The molecule has 1 atom stereocenters. The smallest absolute Gasteiger partial charge is 0.415 e. The van der Waals surface area contributed by atoms with Crippen molar-refractivity contribution >= 4 is 6.09 Å². The van der Waals surface area contributed by atoms with E-state index in [1.54, 1.807) is 35.2 Å². The molecule has 1 N–H and O–H groups in total. The molecule has 2 rings (SSSR count). The highest BCUT2D eigenvalue weighted by Gasteiger charge is 2.22. The maximum atomic E-state index is 12.3. The SMILES string of the molecule is CCN(C(=O)Oc1ccccc1)C(C)c1cccc(O)c1. The van der Waals surface area contributed by atoms with E-state index in [0.29, 0.717) is 12.3 Å². The number of phenolic OH excluding ortho intramolecular Hbond substituents is 1. The zero-order chi connectivity index (χ0) is 15.2. The lowest BCUT2D eigenvalue weighted by atomic mass is 10.1. The van der Waals surface area contributed by atoms with Gasteiger partial charge in [0.05, 0.1) is 6.04 Å². The molecule has 0 heterocycles. The van der Waals surface area contributed by atoms with E-state index in [4.69, 9.17) is 4.74 Å². The van der Waals surface area contributed by atoms with Crippen molar-refractivity contribution in [2.75, 3.05) is 6.54 Å². The number of nitrogens with zero attached hydrogens (tertiary/aromatic N) is 1. The van der Waals surface area contributed by atoms with Crippen LogP contribution in [0.1, 0.15) is 25.5 Å². The Hall–Kier alpha value is -2.49. The second-order valence-electron chi connectivity index (χ2n) is 4.74. The molecular formula is C17H19NO3. The van der Waals surface area contributed by atoms with Gasteiger partial charge in [-0.05, 0) is 43.7 Å². The molecule has 4 nitrogen and oxygen atoms in total. The molecule has 110 valence electrons. The lowest BCUT2D eigenvalue weighted by Crippen LogP contribution is -2.35. The number of phenols is 1. The number of benzene rings is 2. The molecule has 0 aliphatic heterocycles. The maximum Gasteiger partial charge on any atom is 0.415 e. The van der Waals surface area contributed by atoms with E-state index in [2.05, 4.69) is 0 Å². The molecule has 0 fully saturated rings. The minimum Gasteiger partial charge on any atom is -0.508 e. The normalized spacial score (nSPS) is 11.7. The Bertz CT molecular complexity index is 598. The van der Waals surface area contributed by atoms with Crippen molar-refractivity contribution in [1.82, 2.24) is 4.90 Å². The summed E-state index contributed by atoms with van der Waals surface area (Å²) >= 11 is 0. The van der Waals surface area contributed by atoms with Crippen molar-refractivity contribution in [1.29, 1.82) is 0 Å². The molecule has 2 aromatic rings. The Balaban J connectivity index is 2.13. The van der Waals surface area contributed by atoms with Gasteiger partial charge in [0.1, 0.15) is 11.5 Å². The zero-order valence-electron chi connectivity index (χ0n) is 12.2. The van der Waals surface area contributed by atoms with Crippen LogP contribution in [0.3, 0.4) is 0 Å². The molecule has 0 spiro atoms. The molecule has 0 aliphatic rings. The first-order chi connectivity index (χ1) is 10.1. The molecule has 0 bridgehead atoms. The lowest BCUT2D eigenvalue weighted by Gasteiger charge is -2.27. The third-order valence-electron chi connectivity index (χ3n) is 3.34. The van der Waals surface area contributed by atoms with E-state index in [1.165, 1.54) is 0 Å². The van der Waals surface area contributed by atoms with Crippen LogP contribution in [0.2, 0.25) is 0 Å². The van der Waals surface area contributed by atoms with Crippen LogP contribution in [0.4, 0.5) is 4.79 Å². The number of carbonyl (C=O) groups is 1.